The van der Waals surface area contributed by atoms with E-state index in [1.165, 1.54) is 12.1 Å². The van der Waals surface area contributed by atoms with Crippen LogP contribution >= 0.6 is 11.3 Å². The van der Waals surface area contributed by atoms with Gasteiger partial charge in [-0.2, -0.15) is 0 Å². The van der Waals surface area contributed by atoms with Crippen molar-refractivity contribution in [2.75, 3.05) is 22.1 Å². The first-order valence-electron chi connectivity index (χ1n) is 11.6. The third-order valence-electron chi connectivity index (χ3n) is 5.42. The van der Waals surface area contributed by atoms with Gasteiger partial charge in [0.25, 0.3) is 0 Å². The van der Waals surface area contributed by atoms with E-state index >= 15 is 0 Å². The molecule has 192 valence electrons. The molecule has 2 aromatic carbocycles. The zero-order valence-electron chi connectivity index (χ0n) is 20.9. The summed E-state index contributed by atoms with van der Waals surface area (Å²) in [5.74, 6) is 0.182. The van der Waals surface area contributed by atoms with E-state index in [2.05, 4.69) is 41.4 Å². The first kappa shape index (κ1) is 26.2. The molecule has 2 aromatic heterocycles. The highest BCUT2D eigenvalue weighted by Gasteiger charge is 2.24. The molecule has 37 heavy (non-hydrogen) atoms. The van der Waals surface area contributed by atoms with Crippen molar-refractivity contribution in [3.63, 3.8) is 0 Å². The Kier molecular flexibility index (Phi) is 7.28. The summed E-state index contributed by atoms with van der Waals surface area (Å²) in [6.07, 6.45) is 1.60. The number of nitrogen functional groups attached to an aromatic ring is 1. The minimum atomic E-state index is -3.30. The summed E-state index contributed by atoms with van der Waals surface area (Å²) < 4.78 is 24.0. The minimum absolute atomic E-state index is 0.0138. The second-order valence-corrected chi connectivity index (χ2v) is 12.6. The van der Waals surface area contributed by atoms with Crippen molar-refractivity contribution in [2.45, 2.75) is 38.0 Å². The van der Waals surface area contributed by atoms with Crippen LogP contribution in [-0.4, -0.2) is 35.2 Å². The van der Waals surface area contributed by atoms with Gasteiger partial charge < -0.3 is 16.4 Å². The third kappa shape index (κ3) is 6.12. The average molecular weight is 537 g/mol. The van der Waals surface area contributed by atoms with E-state index in [1.54, 1.807) is 48.7 Å². The lowest BCUT2D eigenvalue weighted by Crippen LogP contribution is -2.19. The SMILES string of the molecule is CCS(=O)(=O)c1ccc(NC(=O)Nc2cccc(-c3sc(C(C)(C)C)nc3-c3ccnc(N)n3)c2)cc1. The normalized spacial score (nSPS) is 11.8. The number of hydrogen-bond acceptors (Lipinski definition) is 8. The number of anilines is 3. The van der Waals surface area contributed by atoms with Crippen molar-refractivity contribution in [3.05, 3.63) is 65.8 Å². The van der Waals surface area contributed by atoms with Gasteiger partial charge in [0.2, 0.25) is 5.95 Å². The van der Waals surface area contributed by atoms with Gasteiger partial charge in [-0.05, 0) is 48.0 Å². The maximum Gasteiger partial charge on any atom is 0.323 e. The second-order valence-electron chi connectivity index (χ2n) is 9.33. The molecule has 0 aliphatic carbocycles. The van der Waals surface area contributed by atoms with Crippen LogP contribution in [0.3, 0.4) is 0 Å². The van der Waals surface area contributed by atoms with Gasteiger partial charge in [-0.15, -0.1) is 11.3 Å². The van der Waals surface area contributed by atoms with Crippen LogP contribution in [0.4, 0.5) is 22.1 Å². The van der Waals surface area contributed by atoms with Gasteiger partial charge in [0.15, 0.2) is 9.84 Å². The Morgan fingerprint density at radius 1 is 1.00 bits per heavy atom. The predicted molar refractivity (Wildman–Crippen MR) is 148 cm³/mol. The molecule has 4 rings (SSSR count). The Hall–Kier alpha value is -3.83. The number of nitrogens with two attached hydrogens (primary N) is 1. The number of amides is 2. The fraction of sp³-hybridized carbons (Fsp3) is 0.231. The molecule has 0 bridgehead atoms. The largest absolute Gasteiger partial charge is 0.368 e. The molecule has 0 unspecified atom stereocenters. The number of urea groups is 1. The van der Waals surface area contributed by atoms with E-state index in [-0.39, 0.29) is 22.0 Å². The first-order chi connectivity index (χ1) is 17.5. The summed E-state index contributed by atoms with van der Waals surface area (Å²) in [7, 11) is -3.30. The highest BCUT2D eigenvalue weighted by Crippen LogP contribution is 2.40. The number of nitrogens with zero attached hydrogens (tertiary/aromatic N) is 3. The van der Waals surface area contributed by atoms with E-state index in [9.17, 15) is 13.2 Å². The number of rotatable bonds is 6. The van der Waals surface area contributed by atoms with Crippen LogP contribution in [-0.2, 0) is 15.3 Å². The number of thiazole rings is 1. The lowest BCUT2D eigenvalue weighted by molar-refractivity contribution is 0.262. The summed E-state index contributed by atoms with van der Waals surface area (Å²) in [4.78, 5) is 27.0. The van der Waals surface area contributed by atoms with Gasteiger partial charge in [0, 0.05) is 23.0 Å². The van der Waals surface area contributed by atoms with Crippen molar-refractivity contribution in [1.82, 2.24) is 15.0 Å². The molecule has 0 saturated heterocycles. The molecule has 9 nitrogen and oxygen atoms in total. The number of sulfone groups is 1. The number of hydrogen-bond donors (Lipinski definition) is 3. The number of carbonyl (C=O) groups is 1. The molecule has 0 fully saturated rings. The van der Waals surface area contributed by atoms with E-state index in [0.29, 0.717) is 22.8 Å². The van der Waals surface area contributed by atoms with Crippen molar-refractivity contribution < 1.29 is 13.2 Å². The molecule has 0 saturated carbocycles. The molecule has 4 N–H and O–H groups in total. The molecule has 0 radical (unpaired) electrons. The Morgan fingerprint density at radius 3 is 2.35 bits per heavy atom. The first-order valence-corrected chi connectivity index (χ1v) is 14.0. The molecule has 2 heterocycles. The summed E-state index contributed by atoms with van der Waals surface area (Å²) in [6, 6.07) is 14.8. The molecule has 0 aliphatic heterocycles. The molecule has 0 spiro atoms. The van der Waals surface area contributed by atoms with E-state index in [1.807, 2.05) is 18.2 Å². The van der Waals surface area contributed by atoms with Crippen molar-refractivity contribution >= 4 is 44.5 Å². The topological polar surface area (TPSA) is 140 Å². The quantitative estimate of drug-likeness (QED) is 0.292. The molecular formula is C26H28N6O3S2. The van der Waals surface area contributed by atoms with E-state index < -0.39 is 15.9 Å². The van der Waals surface area contributed by atoms with E-state index in [0.717, 1.165) is 15.4 Å². The van der Waals surface area contributed by atoms with Crippen LogP contribution in [0.2, 0.25) is 0 Å². The molecule has 4 aromatic rings. The number of carbonyl (C=O) groups excluding carboxylic acids is 1. The van der Waals surface area contributed by atoms with Crippen LogP contribution in [0.5, 0.6) is 0 Å². The zero-order valence-corrected chi connectivity index (χ0v) is 22.6. The lowest BCUT2D eigenvalue weighted by Gasteiger charge is -2.13. The van der Waals surface area contributed by atoms with Crippen LogP contribution < -0.4 is 16.4 Å². The fourth-order valence-corrected chi connectivity index (χ4v) is 5.47. The smallest absolute Gasteiger partial charge is 0.323 e. The van der Waals surface area contributed by atoms with Gasteiger partial charge in [-0.1, -0.05) is 39.8 Å². The standard InChI is InChI=1S/C26H28N6O3S2/c1-5-37(34,35)19-11-9-17(10-12-19)29-25(33)30-18-8-6-7-16(15-18)22-21(20-13-14-28-24(27)31-20)32-23(36-22)26(2,3)4/h6-15H,5H2,1-4H3,(H2,27,28,31)(H2,29,30,33). The summed E-state index contributed by atoms with van der Waals surface area (Å²) in [5.41, 5.74) is 8.91. The molecule has 0 atom stereocenters. The van der Waals surface area contributed by atoms with Crippen LogP contribution in [0.1, 0.15) is 32.7 Å². The maximum absolute atomic E-state index is 12.6. The average Bonchev–Trinajstić information content (AvgIpc) is 3.31. The van der Waals surface area contributed by atoms with Crippen LogP contribution in [0.15, 0.2) is 65.7 Å². The maximum atomic E-state index is 12.6. The summed E-state index contributed by atoms with van der Waals surface area (Å²) in [6.45, 7) is 7.88. The predicted octanol–water partition coefficient (Wildman–Crippen LogP) is 5.58. The second kappa shape index (κ2) is 10.3. The van der Waals surface area contributed by atoms with Gasteiger partial charge in [0.1, 0.15) is 5.69 Å². The highest BCUT2D eigenvalue weighted by molar-refractivity contribution is 7.91. The van der Waals surface area contributed by atoms with E-state index in [4.69, 9.17) is 10.7 Å². The number of aromatic nitrogens is 3. The van der Waals surface area contributed by atoms with Crippen LogP contribution in [0.25, 0.3) is 21.8 Å². The Bertz CT molecular complexity index is 1540. The molecule has 2 amide bonds. The Morgan fingerprint density at radius 2 is 1.70 bits per heavy atom. The Labute approximate surface area is 220 Å². The molecule has 11 heteroatoms. The molecule has 0 aliphatic rings. The van der Waals surface area contributed by atoms with Crippen molar-refractivity contribution in [1.29, 1.82) is 0 Å². The fourth-order valence-electron chi connectivity index (χ4n) is 3.46. The van der Waals surface area contributed by atoms with Crippen LogP contribution in [0, 0.1) is 0 Å². The monoisotopic (exact) mass is 536 g/mol. The Balaban J connectivity index is 1.59. The van der Waals surface area contributed by atoms with Gasteiger partial charge in [0.05, 0.1) is 26.2 Å². The lowest BCUT2D eigenvalue weighted by atomic mass is 9.98. The van der Waals surface area contributed by atoms with Gasteiger partial charge >= 0.3 is 6.03 Å². The minimum Gasteiger partial charge on any atom is -0.368 e. The van der Waals surface area contributed by atoms with Crippen molar-refractivity contribution in [3.8, 4) is 21.8 Å². The number of benzene rings is 2. The summed E-state index contributed by atoms with van der Waals surface area (Å²) in [5, 5.41) is 6.50. The van der Waals surface area contributed by atoms with Gasteiger partial charge in [-0.3, -0.25) is 0 Å². The zero-order chi connectivity index (χ0) is 26.8. The molecular weight excluding hydrogens is 508 g/mol. The highest BCUT2D eigenvalue weighted by atomic mass is 32.2. The van der Waals surface area contributed by atoms with Crippen molar-refractivity contribution in [2.24, 2.45) is 0 Å². The third-order valence-corrected chi connectivity index (χ3v) is 8.70. The summed E-state index contributed by atoms with van der Waals surface area (Å²) >= 11 is 1.57. The number of nitrogens with one attached hydrogen (secondary N) is 2. The van der Waals surface area contributed by atoms with Gasteiger partial charge in [-0.25, -0.2) is 28.2 Å².